The van der Waals surface area contributed by atoms with E-state index >= 15 is 0 Å². The molecule has 0 bridgehead atoms. The van der Waals surface area contributed by atoms with Crippen molar-refractivity contribution in [3.63, 3.8) is 0 Å². The van der Waals surface area contributed by atoms with E-state index in [9.17, 15) is 18.0 Å². The lowest BCUT2D eigenvalue weighted by Crippen LogP contribution is -2.30. The van der Waals surface area contributed by atoms with Gasteiger partial charge in [0.2, 0.25) is 5.91 Å². The van der Waals surface area contributed by atoms with Gasteiger partial charge in [-0.1, -0.05) is 0 Å². The Hall–Kier alpha value is -2.31. The van der Waals surface area contributed by atoms with Crippen molar-refractivity contribution in [2.75, 3.05) is 5.32 Å². The van der Waals surface area contributed by atoms with Crippen LogP contribution in [0.4, 0.5) is 18.9 Å². The highest BCUT2D eigenvalue weighted by Crippen LogP contribution is 2.23. The zero-order valence-electron chi connectivity index (χ0n) is 10.9. The van der Waals surface area contributed by atoms with Gasteiger partial charge in [0.1, 0.15) is 5.82 Å². The molecule has 1 N–H and O–H groups in total. The zero-order chi connectivity index (χ0) is 15.0. The molecule has 0 saturated heterocycles. The first-order valence-corrected chi connectivity index (χ1v) is 6.50. The van der Waals surface area contributed by atoms with Crippen molar-refractivity contribution in [2.24, 2.45) is 5.92 Å². The van der Waals surface area contributed by atoms with Gasteiger partial charge in [0.15, 0.2) is 17.5 Å². The van der Waals surface area contributed by atoms with Gasteiger partial charge in [0, 0.05) is 31.3 Å². The van der Waals surface area contributed by atoms with Crippen LogP contribution in [0.3, 0.4) is 0 Å². The summed E-state index contributed by atoms with van der Waals surface area (Å²) in [7, 11) is 0. The van der Waals surface area contributed by atoms with Crippen LogP contribution in [0.25, 0.3) is 0 Å². The molecule has 0 radical (unpaired) electrons. The third-order valence-corrected chi connectivity index (χ3v) is 3.61. The largest absolute Gasteiger partial charge is 0.335 e. The summed E-state index contributed by atoms with van der Waals surface area (Å²) in [5.41, 5.74) is -0.354. The molecule has 0 spiro atoms. The summed E-state index contributed by atoms with van der Waals surface area (Å²) in [6.07, 6.45) is 4.51. The van der Waals surface area contributed by atoms with Crippen LogP contribution in [0.1, 0.15) is 12.2 Å². The van der Waals surface area contributed by atoms with Crippen molar-refractivity contribution >= 4 is 11.6 Å². The first kappa shape index (κ1) is 13.7. The fourth-order valence-electron chi connectivity index (χ4n) is 2.43. The molecular formula is C14H12F3N3O. The van der Waals surface area contributed by atoms with E-state index in [-0.39, 0.29) is 11.6 Å². The van der Waals surface area contributed by atoms with Crippen LogP contribution < -0.4 is 5.32 Å². The van der Waals surface area contributed by atoms with Crippen LogP contribution in [0.15, 0.2) is 24.5 Å². The number of nitrogens with one attached hydrogen (secondary N) is 1. The minimum atomic E-state index is -1.59. The smallest absolute Gasteiger partial charge is 0.228 e. The number of hydrogen-bond acceptors (Lipinski definition) is 2. The molecule has 21 heavy (non-hydrogen) atoms. The van der Waals surface area contributed by atoms with Crippen molar-refractivity contribution in [1.82, 2.24) is 9.55 Å². The average Bonchev–Trinajstić information content (AvgIpc) is 2.95. The number of aryl methyl sites for hydroxylation is 1. The maximum absolute atomic E-state index is 13.5. The molecule has 1 unspecified atom stereocenters. The van der Waals surface area contributed by atoms with Gasteiger partial charge < -0.3 is 9.88 Å². The lowest BCUT2D eigenvalue weighted by atomic mass is 9.97. The fourth-order valence-corrected chi connectivity index (χ4v) is 2.43. The number of halogens is 3. The normalized spacial score (nSPS) is 17.4. The molecule has 2 aromatic rings. The third-order valence-electron chi connectivity index (χ3n) is 3.61. The highest BCUT2D eigenvalue weighted by Gasteiger charge is 2.26. The lowest BCUT2D eigenvalue weighted by Gasteiger charge is -2.22. The van der Waals surface area contributed by atoms with Gasteiger partial charge in [-0.2, -0.15) is 0 Å². The number of carbonyl (C=O) groups excluding carboxylic acids is 1. The van der Waals surface area contributed by atoms with Crippen LogP contribution in [0.5, 0.6) is 0 Å². The number of imidazole rings is 1. The molecule has 1 aliphatic rings. The van der Waals surface area contributed by atoms with E-state index in [4.69, 9.17) is 0 Å². The number of benzene rings is 1. The molecule has 1 aromatic carbocycles. The number of nitrogens with zero attached hydrogens (tertiary/aromatic N) is 2. The van der Waals surface area contributed by atoms with E-state index in [0.717, 1.165) is 18.0 Å². The monoisotopic (exact) mass is 295 g/mol. The van der Waals surface area contributed by atoms with Crippen LogP contribution >= 0.6 is 0 Å². The Morgan fingerprint density at radius 2 is 2.10 bits per heavy atom. The predicted octanol–water partition coefficient (Wildman–Crippen LogP) is 2.50. The number of anilines is 1. The van der Waals surface area contributed by atoms with Crippen LogP contribution in [0.2, 0.25) is 0 Å². The Morgan fingerprint density at radius 1 is 1.29 bits per heavy atom. The molecular weight excluding hydrogens is 283 g/mol. The van der Waals surface area contributed by atoms with Gasteiger partial charge in [0.25, 0.3) is 0 Å². The van der Waals surface area contributed by atoms with Crippen LogP contribution in [-0.4, -0.2) is 15.5 Å². The summed E-state index contributed by atoms with van der Waals surface area (Å²) in [6, 6.07) is 1.79. The number of carbonyl (C=O) groups is 1. The Kier molecular flexibility index (Phi) is 3.40. The number of fused-ring (bicyclic) bond motifs is 1. The predicted molar refractivity (Wildman–Crippen MR) is 69.0 cm³/mol. The molecule has 0 saturated carbocycles. The topological polar surface area (TPSA) is 46.9 Å². The standard InChI is InChI=1S/C14H12F3N3O/c15-9-1-2-10(13(17)12(9)16)19-14(21)8-3-5-20-6-4-18-11(20)7-8/h1-2,4,6,8H,3,5,7H2,(H,19,21). The van der Waals surface area contributed by atoms with Gasteiger partial charge in [-0.25, -0.2) is 18.2 Å². The number of hydrogen-bond donors (Lipinski definition) is 1. The Labute approximate surface area is 118 Å². The highest BCUT2D eigenvalue weighted by molar-refractivity contribution is 5.92. The number of rotatable bonds is 2. The Bertz CT molecular complexity index is 699. The van der Waals surface area contributed by atoms with Crippen LogP contribution in [-0.2, 0) is 17.8 Å². The Balaban J connectivity index is 1.74. The van der Waals surface area contributed by atoms with Crippen LogP contribution in [0, 0.1) is 23.4 Å². The van der Waals surface area contributed by atoms with Gasteiger partial charge in [-0.15, -0.1) is 0 Å². The number of amides is 1. The molecule has 1 atom stereocenters. The van der Waals surface area contributed by atoms with Crippen molar-refractivity contribution < 1.29 is 18.0 Å². The third kappa shape index (κ3) is 2.51. The molecule has 4 nitrogen and oxygen atoms in total. The summed E-state index contributed by atoms with van der Waals surface area (Å²) in [6.45, 7) is 0.647. The minimum Gasteiger partial charge on any atom is -0.335 e. The van der Waals surface area contributed by atoms with Crippen molar-refractivity contribution in [1.29, 1.82) is 0 Å². The summed E-state index contributed by atoms with van der Waals surface area (Å²) in [5, 5.41) is 2.31. The summed E-state index contributed by atoms with van der Waals surface area (Å²) >= 11 is 0. The van der Waals surface area contributed by atoms with Gasteiger partial charge >= 0.3 is 0 Å². The first-order valence-electron chi connectivity index (χ1n) is 6.50. The molecule has 3 rings (SSSR count). The minimum absolute atomic E-state index is 0.354. The van der Waals surface area contributed by atoms with E-state index in [0.29, 0.717) is 19.4 Å². The molecule has 110 valence electrons. The summed E-state index contributed by atoms with van der Waals surface area (Å²) in [4.78, 5) is 16.3. The second-order valence-corrected chi connectivity index (χ2v) is 4.94. The van der Waals surface area contributed by atoms with Crippen molar-refractivity contribution in [3.05, 3.63) is 47.8 Å². The quantitative estimate of drug-likeness (QED) is 0.865. The first-order chi connectivity index (χ1) is 10.1. The molecule has 1 aromatic heterocycles. The Morgan fingerprint density at radius 3 is 2.90 bits per heavy atom. The summed E-state index contributed by atoms with van der Waals surface area (Å²) in [5.74, 6) is -4.27. The second kappa shape index (κ2) is 5.23. The molecule has 1 amide bonds. The molecule has 0 aliphatic carbocycles. The SMILES string of the molecule is O=C(Nc1ccc(F)c(F)c1F)C1CCn2ccnc2C1. The maximum Gasteiger partial charge on any atom is 0.228 e. The molecule has 1 aliphatic heterocycles. The zero-order valence-corrected chi connectivity index (χ0v) is 10.9. The van der Waals surface area contributed by atoms with Gasteiger partial charge in [-0.3, -0.25) is 4.79 Å². The van der Waals surface area contributed by atoms with Gasteiger partial charge in [-0.05, 0) is 18.6 Å². The van der Waals surface area contributed by atoms with Crippen molar-refractivity contribution in [3.8, 4) is 0 Å². The molecule has 0 fully saturated rings. The lowest BCUT2D eigenvalue weighted by molar-refractivity contribution is -0.120. The van der Waals surface area contributed by atoms with E-state index in [1.807, 2.05) is 10.8 Å². The second-order valence-electron chi connectivity index (χ2n) is 4.94. The summed E-state index contributed by atoms with van der Waals surface area (Å²) < 4.78 is 41.4. The van der Waals surface area contributed by atoms with E-state index in [1.165, 1.54) is 0 Å². The molecule has 7 heteroatoms. The highest BCUT2D eigenvalue weighted by atomic mass is 19.2. The van der Waals surface area contributed by atoms with E-state index < -0.39 is 23.4 Å². The van der Waals surface area contributed by atoms with E-state index in [1.54, 1.807) is 6.20 Å². The fraction of sp³-hybridized carbons (Fsp3) is 0.286. The molecule has 2 heterocycles. The number of aromatic nitrogens is 2. The van der Waals surface area contributed by atoms with E-state index in [2.05, 4.69) is 10.3 Å². The van der Waals surface area contributed by atoms with Gasteiger partial charge in [0.05, 0.1) is 5.69 Å². The van der Waals surface area contributed by atoms with Crippen molar-refractivity contribution in [2.45, 2.75) is 19.4 Å². The maximum atomic E-state index is 13.5. The average molecular weight is 295 g/mol.